The SMILES string of the molecule is COc1ccc(C2(CNC(=O)NC3CCOCC3)CCOCC2)cc1OC. The van der Waals surface area contributed by atoms with Crippen LogP contribution >= 0.6 is 0 Å². The van der Waals surface area contributed by atoms with Crippen LogP contribution in [0, 0.1) is 0 Å². The third kappa shape index (κ3) is 4.84. The first-order valence-corrected chi connectivity index (χ1v) is 9.59. The molecule has 0 atom stereocenters. The molecule has 1 aromatic carbocycles. The van der Waals surface area contributed by atoms with Crippen molar-refractivity contribution >= 4 is 6.03 Å². The summed E-state index contributed by atoms with van der Waals surface area (Å²) >= 11 is 0. The average Bonchev–Trinajstić information content (AvgIpc) is 2.73. The van der Waals surface area contributed by atoms with Gasteiger partial charge in [0.05, 0.1) is 14.2 Å². The Labute approximate surface area is 160 Å². The van der Waals surface area contributed by atoms with Crippen molar-refractivity contribution in [2.24, 2.45) is 0 Å². The molecule has 2 N–H and O–H groups in total. The Morgan fingerprint density at radius 3 is 2.41 bits per heavy atom. The second-order valence-corrected chi connectivity index (χ2v) is 7.18. The van der Waals surface area contributed by atoms with Gasteiger partial charge in [0.2, 0.25) is 0 Å². The zero-order valence-electron chi connectivity index (χ0n) is 16.2. The molecule has 0 spiro atoms. The first-order valence-electron chi connectivity index (χ1n) is 9.59. The fourth-order valence-electron chi connectivity index (χ4n) is 3.82. The van der Waals surface area contributed by atoms with E-state index in [4.69, 9.17) is 18.9 Å². The van der Waals surface area contributed by atoms with E-state index in [9.17, 15) is 4.79 Å². The topological polar surface area (TPSA) is 78.1 Å². The average molecular weight is 378 g/mol. The summed E-state index contributed by atoms with van der Waals surface area (Å²) in [7, 11) is 3.27. The highest BCUT2D eigenvalue weighted by Crippen LogP contribution is 2.38. The van der Waals surface area contributed by atoms with Gasteiger partial charge in [0, 0.05) is 44.4 Å². The summed E-state index contributed by atoms with van der Waals surface area (Å²) in [6, 6.07) is 6.07. The fourth-order valence-corrected chi connectivity index (χ4v) is 3.82. The highest BCUT2D eigenvalue weighted by Gasteiger charge is 2.35. The van der Waals surface area contributed by atoms with Crippen LogP contribution in [0.15, 0.2) is 18.2 Å². The lowest BCUT2D eigenvalue weighted by Gasteiger charge is -2.38. The van der Waals surface area contributed by atoms with Crippen molar-refractivity contribution in [3.8, 4) is 11.5 Å². The van der Waals surface area contributed by atoms with E-state index in [-0.39, 0.29) is 17.5 Å². The number of carbonyl (C=O) groups excluding carboxylic acids is 1. The highest BCUT2D eigenvalue weighted by molar-refractivity contribution is 5.74. The van der Waals surface area contributed by atoms with Crippen LogP contribution in [0.1, 0.15) is 31.2 Å². The van der Waals surface area contributed by atoms with Gasteiger partial charge < -0.3 is 29.6 Å². The number of amides is 2. The van der Waals surface area contributed by atoms with E-state index in [1.165, 1.54) is 0 Å². The molecule has 27 heavy (non-hydrogen) atoms. The Morgan fingerprint density at radius 2 is 1.74 bits per heavy atom. The van der Waals surface area contributed by atoms with E-state index >= 15 is 0 Å². The van der Waals surface area contributed by atoms with Crippen LogP contribution in [0.2, 0.25) is 0 Å². The van der Waals surface area contributed by atoms with Crippen LogP contribution < -0.4 is 20.1 Å². The lowest BCUT2D eigenvalue weighted by atomic mass is 9.74. The molecule has 2 aliphatic heterocycles. The maximum Gasteiger partial charge on any atom is 0.315 e. The Morgan fingerprint density at radius 1 is 1.07 bits per heavy atom. The van der Waals surface area contributed by atoms with Gasteiger partial charge in [-0.15, -0.1) is 0 Å². The highest BCUT2D eigenvalue weighted by atomic mass is 16.5. The van der Waals surface area contributed by atoms with Crippen molar-refractivity contribution < 1.29 is 23.7 Å². The van der Waals surface area contributed by atoms with E-state index < -0.39 is 0 Å². The zero-order valence-corrected chi connectivity index (χ0v) is 16.2. The van der Waals surface area contributed by atoms with Crippen molar-refractivity contribution in [3.63, 3.8) is 0 Å². The number of nitrogens with one attached hydrogen (secondary N) is 2. The fraction of sp³-hybridized carbons (Fsp3) is 0.650. The number of rotatable bonds is 6. The molecule has 2 saturated heterocycles. The number of benzene rings is 1. The standard InChI is InChI=1S/C20H30N2O5/c1-24-17-4-3-15(13-18(17)25-2)20(7-11-27-12-8-20)14-21-19(23)22-16-5-9-26-10-6-16/h3-4,13,16H,5-12,14H2,1-2H3,(H2,21,22,23). The second kappa shape index (κ2) is 9.28. The van der Waals surface area contributed by atoms with Crippen LogP contribution in [-0.4, -0.2) is 59.3 Å². The summed E-state index contributed by atoms with van der Waals surface area (Å²) in [5, 5.41) is 6.15. The van der Waals surface area contributed by atoms with Crippen LogP contribution in [-0.2, 0) is 14.9 Å². The smallest absolute Gasteiger partial charge is 0.315 e. The molecule has 7 heteroatoms. The van der Waals surface area contributed by atoms with Gasteiger partial charge in [0.15, 0.2) is 11.5 Å². The summed E-state index contributed by atoms with van der Waals surface area (Å²) in [6.45, 7) is 3.33. The molecule has 0 radical (unpaired) electrons. The molecule has 2 fully saturated rings. The quantitative estimate of drug-likeness (QED) is 0.794. The van der Waals surface area contributed by atoms with Gasteiger partial charge in [-0.2, -0.15) is 0 Å². The van der Waals surface area contributed by atoms with E-state index in [2.05, 4.69) is 16.7 Å². The predicted molar refractivity (Wildman–Crippen MR) is 102 cm³/mol. The summed E-state index contributed by atoms with van der Waals surface area (Å²) in [6.07, 6.45) is 3.42. The molecule has 2 heterocycles. The molecule has 0 unspecified atom stereocenters. The van der Waals surface area contributed by atoms with E-state index in [0.717, 1.165) is 31.2 Å². The summed E-state index contributed by atoms with van der Waals surface area (Å²) in [4.78, 5) is 12.4. The Kier molecular flexibility index (Phi) is 6.79. The van der Waals surface area contributed by atoms with Gasteiger partial charge in [-0.05, 0) is 43.4 Å². The van der Waals surface area contributed by atoms with Gasteiger partial charge in [-0.25, -0.2) is 4.79 Å². The normalized spacial score (nSPS) is 19.9. The van der Waals surface area contributed by atoms with Crippen molar-refractivity contribution in [1.82, 2.24) is 10.6 Å². The largest absolute Gasteiger partial charge is 0.493 e. The van der Waals surface area contributed by atoms with Crippen molar-refractivity contribution in [2.45, 2.75) is 37.1 Å². The summed E-state index contributed by atoms with van der Waals surface area (Å²) in [5.74, 6) is 1.40. The van der Waals surface area contributed by atoms with Crippen LogP contribution in [0.3, 0.4) is 0 Å². The molecule has 0 aliphatic carbocycles. The molecule has 150 valence electrons. The van der Waals surface area contributed by atoms with Crippen LogP contribution in [0.5, 0.6) is 11.5 Å². The van der Waals surface area contributed by atoms with Gasteiger partial charge in [0.25, 0.3) is 0 Å². The van der Waals surface area contributed by atoms with Gasteiger partial charge in [-0.1, -0.05) is 6.07 Å². The minimum Gasteiger partial charge on any atom is -0.493 e. The van der Waals surface area contributed by atoms with Crippen molar-refractivity contribution in [2.75, 3.05) is 47.2 Å². The van der Waals surface area contributed by atoms with E-state index in [1.807, 2.05) is 12.1 Å². The maximum absolute atomic E-state index is 12.4. The van der Waals surface area contributed by atoms with Crippen molar-refractivity contribution in [1.29, 1.82) is 0 Å². The number of hydrogen-bond acceptors (Lipinski definition) is 5. The number of carbonyl (C=O) groups is 1. The molecular formula is C20H30N2O5. The molecule has 1 aromatic rings. The molecule has 0 bridgehead atoms. The Hall–Kier alpha value is -1.99. The molecule has 0 saturated carbocycles. The molecule has 7 nitrogen and oxygen atoms in total. The molecule has 0 aromatic heterocycles. The van der Waals surface area contributed by atoms with Gasteiger partial charge in [0.1, 0.15) is 0 Å². The molecular weight excluding hydrogens is 348 g/mol. The third-order valence-electron chi connectivity index (χ3n) is 5.59. The lowest BCUT2D eigenvalue weighted by Crippen LogP contribution is -2.50. The lowest BCUT2D eigenvalue weighted by molar-refractivity contribution is 0.0502. The second-order valence-electron chi connectivity index (χ2n) is 7.18. The van der Waals surface area contributed by atoms with Crippen LogP contribution in [0.25, 0.3) is 0 Å². The first-order chi connectivity index (χ1) is 13.2. The number of urea groups is 1. The first kappa shape index (κ1) is 19.8. The maximum atomic E-state index is 12.4. The van der Waals surface area contributed by atoms with Gasteiger partial charge >= 0.3 is 6.03 Å². The summed E-state index contributed by atoms with van der Waals surface area (Å²) < 4.78 is 21.7. The molecule has 2 aliphatic rings. The number of ether oxygens (including phenoxy) is 4. The Balaban J connectivity index is 1.70. The van der Waals surface area contributed by atoms with Crippen molar-refractivity contribution in [3.05, 3.63) is 23.8 Å². The van der Waals surface area contributed by atoms with E-state index in [1.54, 1.807) is 14.2 Å². The zero-order chi connectivity index (χ0) is 19.1. The third-order valence-corrected chi connectivity index (χ3v) is 5.59. The number of hydrogen-bond donors (Lipinski definition) is 2. The Bertz CT molecular complexity index is 625. The molecule has 3 rings (SSSR count). The monoisotopic (exact) mass is 378 g/mol. The molecule has 2 amide bonds. The predicted octanol–water partition coefficient (Wildman–Crippen LogP) is 2.23. The van der Waals surface area contributed by atoms with Crippen LogP contribution in [0.4, 0.5) is 4.79 Å². The van der Waals surface area contributed by atoms with Gasteiger partial charge in [-0.3, -0.25) is 0 Å². The number of methoxy groups -OCH3 is 2. The van der Waals surface area contributed by atoms with E-state index in [0.29, 0.717) is 44.5 Å². The minimum atomic E-state index is -0.176. The minimum absolute atomic E-state index is 0.117. The summed E-state index contributed by atoms with van der Waals surface area (Å²) in [5.41, 5.74) is 0.958.